The third kappa shape index (κ3) is 2.76. The van der Waals surface area contributed by atoms with Gasteiger partial charge in [-0.2, -0.15) is 0 Å². The second-order valence-corrected chi connectivity index (χ2v) is 9.59. The molecule has 0 saturated heterocycles. The molecule has 8 heteroatoms. The SMILES string of the molecule is CC12CCC(c3nc4cc(NC(=O)c5ccc(Cl)c([N+](=O)[O-])c5)ccc4nc31)C2(C)C. The molecule has 158 valence electrons. The van der Waals surface area contributed by atoms with E-state index in [1.807, 2.05) is 6.07 Å². The molecule has 2 aliphatic carbocycles. The predicted octanol–water partition coefficient (Wildman–Crippen LogP) is 5.62. The number of hydrogen-bond donors (Lipinski definition) is 1. The summed E-state index contributed by atoms with van der Waals surface area (Å²) in [5.41, 5.74) is 4.25. The Balaban J connectivity index is 1.48. The normalized spacial score (nSPS) is 23.0. The van der Waals surface area contributed by atoms with Crippen molar-refractivity contribution in [1.82, 2.24) is 9.97 Å². The fourth-order valence-corrected chi connectivity index (χ4v) is 5.38. The van der Waals surface area contributed by atoms with Gasteiger partial charge in [-0.1, -0.05) is 32.4 Å². The molecule has 1 saturated carbocycles. The number of benzene rings is 2. The number of nitrogens with zero attached hydrogens (tertiary/aromatic N) is 3. The maximum absolute atomic E-state index is 12.6. The van der Waals surface area contributed by atoms with E-state index in [-0.39, 0.29) is 27.1 Å². The van der Waals surface area contributed by atoms with Gasteiger partial charge in [0, 0.05) is 28.7 Å². The van der Waals surface area contributed by atoms with Crippen LogP contribution in [0.4, 0.5) is 11.4 Å². The van der Waals surface area contributed by atoms with Crippen LogP contribution < -0.4 is 5.32 Å². The Hall–Kier alpha value is -3.06. The summed E-state index contributed by atoms with van der Waals surface area (Å²) < 4.78 is 0. The molecule has 3 aromatic rings. The fraction of sp³-hybridized carbons (Fsp3) is 0.348. The number of anilines is 1. The monoisotopic (exact) mass is 436 g/mol. The zero-order valence-corrected chi connectivity index (χ0v) is 18.2. The number of rotatable bonds is 3. The van der Waals surface area contributed by atoms with Crippen molar-refractivity contribution >= 4 is 39.9 Å². The van der Waals surface area contributed by atoms with Gasteiger partial charge in [-0.15, -0.1) is 0 Å². The van der Waals surface area contributed by atoms with Gasteiger partial charge in [-0.05, 0) is 48.6 Å². The summed E-state index contributed by atoms with van der Waals surface area (Å²) >= 11 is 5.84. The van der Waals surface area contributed by atoms with E-state index >= 15 is 0 Å². The van der Waals surface area contributed by atoms with Crippen LogP contribution >= 0.6 is 11.6 Å². The van der Waals surface area contributed by atoms with Crippen LogP contribution in [0.3, 0.4) is 0 Å². The molecule has 31 heavy (non-hydrogen) atoms. The lowest BCUT2D eigenvalue weighted by Crippen LogP contribution is -2.31. The Bertz CT molecular complexity index is 1290. The van der Waals surface area contributed by atoms with Crippen molar-refractivity contribution in [3.63, 3.8) is 0 Å². The standard InChI is InChI=1S/C23H21ClN4O3/c1-22(2)14-8-9-23(22,3)20-19(14)26-17-11-13(5-7-16(17)27-20)25-21(29)12-4-6-15(24)18(10-12)28(30)31/h4-7,10-11,14H,8-9H2,1-3H3,(H,25,29). The predicted molar refractivity (Wildman–Crippen MR) is 119 cm³/mol. The van der Waals surface area contributed by atoms with Crippen LogP contribution in [0, 0.1) is 15.5 Å². The third-order valence-corrected chi connectivity index (χ3v) is 7.75. The Morgan fingerprint density at radius 3 is 2.68 bits per heavy atom. The molecule has 2 unspecified atom stereocenters. The summed E-state index contributed by atoms with van der Waals surface area (Å²) in [6.45, 7) is 6.89. The minimum Gasteiger partial charge on any atom is -0.322 e. The highest BCUT2D eigenvalue weighted by molar-refractivity contribution is 6.32. The molecule has 0 aliphatic heterocycles. The number of nitrogens with one attached hydrogen (secondary N) is 1. The quantitative estimate of drug-likeness (QED) is 0.424. The van der Waals surface area contributed by atoms with Gasteiger partial charge in [0.05, 0.1) is 27.3 Å². The molecule has 5 rings (SSSR count). The second kappa shape index (κ2) is 6.47. The fourth-order valence-electron chi connectivity index (χ4n) is 5.19. The molecule has 0 radical (unpaired) electrons. The van der Waals surface area contributed by atoms with E-state index in [0.717, 1.165) is 35.3 Å². The van der Waals surface area contributed by atoms with Gasteiger partial charge < -0.3 is 5.32 Å². The number of aromatic nitrogens is 2. The molecule has 1 fully saturated rings. The van der Waals surface area contributed by atoms with Gasteiger partial charge in [0.2, 0.25) is 0 Å². The Kier molecular flexibility index (Phi) is 4.15. The van der Waals surface area contributed by atoms with Crippen LogP contribution in [0.2, 0.25) is 5.02 Å². The molecular weight excluding hydrogens is 416 g/mol. The van der Waals surface area contributed by atoms with Gasteiger partial charge in [0.1, 0.15) is 5.02 Å². The summed E-state index contributed by atoms with van der Waals surface area (Å²) in [7, 11) is 0. The molecule has 1 N–H and O–H groups in total. The smallest absolute Gasteiger partial charge is 0.288 e. The molecule has 1 aromatic heterocycles. The van der Waals surface area contributed by atoms with Crippen molar-refractivity contribution in [2.45, 2.75) is 44.9 Å². The molecule has 2 aromatic carbocycles. The van der Waals surface area contributed by atoms with Gasteiger partial charge >= 0.3 is 0 Å². The van der Waals surface area contributed by atoms with E-state index < -0.39 is 10.8 Å². The molecule has 2 atom stereocenters. The summed E-state index contributed by atoms with van der Waals surface area (Å²) in [5.74, 6) is -0.0711. The maximum Gasteiger partial charge on any atom is 0.288 e. The molecular formula is C23H21ClN4O3. The average Bonchev–Trinajstić information content (AvgIpc) is 3.04. The first-order chi connectivity index (χ1) is 14.6. The third-order valence-electron chi connectivity index (χ3n) is 7.43. The van der Waals surface area contributed by atoms with Crippen LogP contribution in [-0.2, 0) is 5.41 Å². The maximum atomic E-state index is 12.6. The van der Waals surface area contributed by atoms with Crippen molar-refractivity contribution in [3.05, 3.63) is 68.5 Å². The highest BCUT2D eigenvalue weighted by Crippen LogP contribution is 2.66. The van der Waals surface area contributed by atoms with Gasteiger partial charge in [-0.3, -0.25) is 14.9 Å². The van der Waals surface area contributed by atoms with Crippen molar-refractivity contribution < 1.29 is 9.72 Å². The van der Waals surface area contributed by atoms with E-state index in [9.17, 15) is 14.9 Å². The van der Waals surface area contributed by atoms with Crippen LogP contribution in [0.5, 0.6) is 0 Å². The first kappa shape index (κ1) is 19.9. The van der Waals surface area contributed by atoms with Crippen LogP contribution in [0.15, 0.2) is 36.4 Å². The molecule has 1 amide bonds. The number of halogens is 1. The topological polar surface area (TPSA) is 98.0 Å². The number of fused-ring (bicyclic) bond motifs is 6. The van der Waals surface area contributed by atoms with E-state index in [2.05, 4.69) is 26.1 Å². The lowest BCUT2D eigenvalue weighted by molar-refractivity contribution is -0.384. The zero-order valence-electron chi connectivity index (χ0n) is 17.4. The first-order valence-electron chi connectivity index (χ1n) is 10.2. The number of nitro benzene ring substituents is 1. The Morgan fingerprint density at radius 1 is 1.16 bits per heavy atom. The molecule has 1 heterocycles. The van der Waals surface area contributed by atoms with Crippen molar-refractivity contribution in [2.75, 3.05) is 5.32 Å². The number of amides is 1. The van der Waals surface area contributed by atoms with E-state index in [4.69, 9.17) is 21.6 Å². The van der Waals surface area contributed by atoms with E-state index in [0.29, 0.717) is 11.6 Å². The van der Waals surface area contributed by atoms with Gasteiger partial charge in [0.15, 0.2) is 0 Å². The van der Waals surface area contributed by atoms with Crippen LogP contribution in [0.1, 0.15) is 61.3 Å². The van der Waals surface area contributed by atoms with E-state index in [1.54, 1.807) is 12.1 Å². The van der Waals surface area contributed by atoms with Crippen molar-refractivity contribution in [2.24, 2.45) is 5.41 Å². The minimum atomic E-state index is -0.610. The molecule has 7 nitrogen and oxygen atoms in total. The lowest BCUT2D eigenvalue weighted by atomic mass is 9.70. The number of carbonyl (C=O) groups excluding carboxylic acids is 1. The Morgan fingerprint density at radius 2 is 1.94 bits per heavy atom. The number of carbonyl (C=O) groups is 1. The summed E-state index contributed by atoms with van der Waals surface area (Å²) in [6, 6.07) is 9.40. The van der Waals surface area contributed by atoms with Crippen LogP contribution in [0.25, 0.3) is 11.0 Å². The molecule has 2 aliphatic rings. The number of nitro groups is 1. The zero-order chi connectivity index (χ0) is 22.1. The largest absolute Gasteiger partial charge is 0.322 e. The molecule has 2 bridgehead atoms. The van der Waals surface area contributed by atoms with Gasteiger partial charge in [-0.25, -0.2) is 9.97 Å². The minimum absolute atomic E-state index is 0.0118. The highest BCUT2D eigenvalue weighted by Gasteiger charge is 2.61. The summed E-state index contributed by atoms with van der Waals surface area (Å²) in [4.78, 5) is 33.0. The molecule has 0 spiro atoms. The Labute approximate surface area is 184 Å². The van der Waals surface area contributed by atoms with Crippen molar-refractivity contribution in [3.8, 4) is 0 Å². The van der Waals surface area contributed by atoms with Crippen LogP contribution in [-0.4, -0.2) is 20.8 Å². The summed E-state index contributed by atoms with van der Waals surface area (Å²) in [5, 5.41) is 13.9. The first-order valence-corrected chi connectivity index (χ1v) is 10.6. The van der Waals surface area contributed by atoms with E-state index in [1.165, 1.54) is 18.2 Å². The average molecular weight is 437 g/mol. The number of hydrogen-bond acceptors (Lipinski definition) is 5. The lowest BCUT2D eigenvalue weighted by Gasteiger charge is -2.34. The summed E-state index contributed by atoms with van der Waals surface area (Å²) in [6.07, 6.45) is 2.24. The highest BCUT2D eigenvalue weighted by atomic mass is 35.5. The second-order valence-electron chi connectivity index (χ2n) is 9.18. The van der Waals surface area contributed by atoms with Gasteiger partial charge in [0.25, 0.3) is 11.6 Å². The van der Waals surface area contributed by atoms with Crippen molar-refractivity contribution in [1.29, 1.82) is 0 Å².